The summed E-state index contributed by atoms with van der Waals surface area (Å²) in [6, 6.07) is 6.22. The molecule has 1 aromatic rings. The summed E-state index contributed by atoms with van der Waals surface area (Å²) < 4.78 is 12.6. The quantitative estimate of drug-likeness (QED) is 0.699. The first-order chi connectivity index (χ1) is 7.22. The van der Waals surface area contributed by atoms with Gasteiger partial charge in [-0.25, -0.2) is 4.39 Å². The van der Waals surface area contributed by atoms with Crippen molar-refractivity contribution in [1.82, 2.24) is 5.32 Å². The zero-order valence-electron chi connectivity index (χ0n) is 8.59. The Labute approximate surface area is 89.5 Å². The molecule has 0 fully saturated rings. The Bertz CT molecular complexity index is 330. The predicted octanol–water partition coefficient (Wildman–Crippen LogP) is 2.53. The molecule has 0 aliphatic carbocycles. The monoisotopic (exact) mass is 206 g/mol. The predicted molar refractivity (Wildman–Crippen MR) is 62.2 cm³/mol. The van der Waals surface area contributed by atoms with E-state index >= 15 is 0 Å². The lowest BCUT2D eigenvalue weighted by molar-refractivity contribution is 0.628. The van der Waals surface area contributed by atoms with Crippen LogP contribution in [0.15, 0.2) is 49.2 Å². The zero-order valence-corrected chi connectivity index (χ0v) is 8.59. The Kier molecular flexibility index (Phi) is 4.41. The summed E-state index contributed by atoms with van der Waals surface area (Å²) in [7, 11) is 0. The van der Waals surface area contributed by atoms with Crippen molar-refractivity contribution in [1.29, 1.82) is 0 Å². The van der Waals surface area contributed by atoms with Gasteiger partial charge < -0.3 is 10.6 Å². The average molecular weight is 206 g/mol. The summed E-state index contributed by atoms with van der Waals surface area (Å²) in [4.78, 5) is 0. The minimum absolute atomic E-state index is 0.232. The molecule has 0 aliphatic heterocycles. The van der Waals surface area contributed by atoms with Gasteiger partial charge in [0.15, 0.2) is 0 Å². The topological polar surface area (TPSA) is 24.1 Å². The lowest BCUT2D eigenvalue weighted by Gasteiger charge is -2.09. The van der Waals surface area contributed by atoms with E-state index in [1.54, 1.807) is 18.2 Å². The number of nitrogens with one attached hydrogen (secondary N) is 2. The van der Waals surface area contributed by atoms with Crippen LogP contribution in [0, 0.1) is 5.82 Å². The third-order valence-corrected chi connectivity index (χ3v) is 1.85. The molecule has 15 heavy (non-hydrogen) atoms. The smallest absolute Gasteiger partial charge is 0.123 e. The Balaban J connectivity index is 2.33. The molecule has 0 aliphatic rings. The number of rotatable bonds is 6. The van der Waals surface area contributed by atoms with Crippen LogP contribution in [0.4, 0.5) is 10.1 Å². The summed E-state index contributed by atoms with van der Waals surface area (Å²) in [6.07, 6.45) is 1.77. The summed E-state index contributed by atoms with van der Waals surface area (Å²) in [5.41, 5.74) is 1.75. The molecule has 0 unspecified atom stereocenters. The van der Waals surface area contributed by atoms with E-state index in [1.807, 2.05) is 0 Å². The van der Waals surface area contributed by atoms with E-state index in [2.05, 4.69) is 23.8 Å². The van der Waals surface area contributed by atoms with Crippen molar-refractivity contribution in [2.75, 3.05) is 18.4 Å². The van der Waals surface area contributed by atoms with Crippen LogP contribution in [0.25, 0.3) is 0 Å². The molecule has 0 saturated carbocycles. The molecule has 0 heterocycles. The molecule has 0 atom stereocenters. The fourth-order valence-electron chi connectivity index (χ4n) is 1.06. The first kappa shape index (κ1) is 11.3. The van der Waals surface area contributed by atoms with Crippen molar-refractivity contribution in [2.45, 2.75) is 0 Å². The van der Waals surface area contributed by atoms with Gasteiger partial charge in [-0.1, -0.05) is 12.7 Å². The number of hydrogen-bond donors (Lipinski definition) is 2. The van der Waals surface area contributed by atoms with E-state index in [4.69, 9.17) is 0 Å². The highest BCUT2D eigenvalue weighted by molar-refractivity contribution is 5.43. The summed E-state index contributed by atoms with van der Waals surface area (Å²) >= 11 is 0. The van der Waals surface area contributed by atoms with Crippen molar-refractivity contribution >= 4 is 5.69 Å². The Morgan fingerprint density at radius 1 is 1.33 bits per heavy atom. The van der Waals surface area contributed by atoms with E-state index in [1.165, 1.54) is 12.1 Å². The highest BCUT2D eigenvalue weighted by atomic mass is 19.1. The van der Waals surface area contributed by atoms with Crippen LogP contribution in [0.2, 0.25) is 0 Å². The minimum Gasteiger partial charge on any atom is -0.384 e. The highest BCUT2D eigenvalue weighted by Gasteiger charge is 1.94. The van der Waals surface area contributed by atoms with Gasteiger partial charge in [-0.05, 0) is 24.3 Å². The van der Waals surface area contributed by atoms with Gasteiger partial charge in [0, 0.05) is 17.9 Å². The lowest BCUT2D eigenvalue weighted by atomic mass is 10.3. The van der Waals surface area contributed by atoms with Crippen molar-refractivity contribution in [2.24, 2.45) is 0 Å². The number of benzene rings is 1. The second-order valence-electron chi connectivity index (χ2n) is 3.13. The summed E-state index contributed by atoms with van der Waals surface area (Å²) in [6.45, 7) is 8.73. The molecule has 0 amide bonds. The number of anilines is 1. The third-order valence-electron chi connectivity index (χ3n) is 1.85. The fraction of sp³-hybridized carbons (Fsp3) is 0.167. The Morgan fingerprint density at radius 2 is 2.00 bits per heavy atom. The van der Waals surface area contributed by atoms with Crippen LogP contribution in [0.3, 0.4) is 0 Å². The molecular formula is C12H15FN2. The largest absolute Gasteiger partial charge is 0.384 e. The second kappa shape index (κ2) is 5.86. The van der Waals surface area contributed by atoms with Crippen LogP contribution >= 0.6 is 0 Å². The standard InChI is InChI=1S/C12H15FN2/c1-3-8-14-10(2)9-15-12-6-4-11(13)5-7-12/h3-7,14-15H,1-2,8-9H2. The summed E-state index contributed by atoms with van der Waals surface area (Å²) in [5, 5.41) is 6.18. The minimum atomic E-state index is -0.232. The molecule has 0 aromatic heterocycles. The van der Waals surface area contributed by atoms with Gasteiger partial charge in [0.05, 0.1) is 6.54 Å². The van der Waals surface area contributed by atoms with E-state index in [-0.39, 0.29) is 5.82 Å². The maximum atomic E-state index is 12.6. The maximum Gasteiger partial charge on any atom is 0.123 e. The molecule has 80 valence electrons. The van der Waals surface area contributed by atoms with Gasteiger partial charge >= 0.3 is 0 Å². The molecule has 0 saturated heterocycles. The van der Waals surface area contributed by atoms with Gasteiger partial charge in [-0.2, -0.15) is 0 Å². The van der Waals surface area contributed by atoms with Gasteiger partial charge in [0.25, 0.3) is 0 Å². The second-order valence-corrected chi connectivity index (χ2v) is 3.13. The highest BCUT2D eigenvalue weighted by Crippen LogP contribution is 2.07. The summed E-state index contributed by atoms with van der Waals surface area (Å²) in [5.74, 6) is -0.232. The average Bonchev–Trinajstić information content (AvgIpc) is 2.25. The molecule has 2 nitrogen and oxygen atoms in total. The normalized spacial score (nSPS) is 9.40. The molecule has 2 N–H and O–H groups in total. The van der Waals surface area contributed by atoms with Gasteiger partial charge in [-0.3, -0.25) is 0 Å². The SMILES string of the molecule is C=CCNC(=C)CNc1ccc(F)cc1. The van der Waals surface area contributed by atoms with Gasteiger partial charge in [-0.15, -0.1) is 6.58 Å². The zero-order chi connectivity index (χ0) is 11.1. The van der Waals surface area contributed by atoms with Gasteiger partial charge in [0.1, 0.15) is 5.82 Å². The van der Waals surface area contributed by atoms with E-state index in [9.17, 15) is 4.39 Å². The molecular weight excluding hydrogens is 191 g/mol. The number of halogens is 1. The molecule has 0 spiro atoms. The van der Waals surface area contributed by atoms with E-state index in [0.29, 0.717) is 13.1 Å². The Hall–Kier alpha value is -1.77. The Morgan fingerprint density at radius 3 is 2.60 bits per heavy atom. The number of hydrogen-bond acceptors (Lipinski definition) is 2. The van der Waals surface area contributed by atoms with Crippen molar-refractivity contribution in [3.05, 3.63) is 55.0 Å². The molecule has 0 radical (unpaired) electrons. The molecule has 0 bridgehead atoms. The van der Waals surface area contributed by atoms with Gasteiger partial charge in [0.2, 0.25) is 0 Å². The molecule has 1 rings (SSSR count). The van der Waals surface area contributed by atoms with Crippen LogP contribution < -0.4 is 10.6 Å². The lowest BCUT2D eigenvalue weighted by Crippen LogP contribution is -2.18. The fourth-order valence-corrected chi connectivity index (χ4v) is 1.06. The first-order valence-corrected chi connectivity index (χ1v) is 4.74. The third kappa shape index (κ3) is 4.31. The molecule has 1 aromatic carbocycles. The molecule has 3 heteroatoms. The maximum absolute atomic E-state index is 12.6. The van der Waals surface area contributed by atoms with Crippen LogP contribution in [0.1, 0.15) is 0 Å². The van der Waals surface area contributed by atoms with E-state index < -0.39 is 0 Å². The van der Waals surface area contributed by atoms with Crippen LogP contribution in [0.5, 0.6) is 0 Å². The van der Waals surface area contributed by atoms with E-state index in [0.717, 1.165) is 11.4 Å². The van der Waals surface area contributed by atoms with Crippen molar-refractivity contribution < 1.29 is 4.39 Å². The van der Waals surface area contributed by atoms with Crippen molar-refractivity contribution in [3.63, 3.8) is 0 Å². The van der Waals surface area contributed by atoms with Crippen LogP contribution in [-0.4, -0.2) is 13.1 Å². The van der Waals surface area contributed by atoms with Crippen LogP contribution in [-0.2, 0) is 0 Å². The first-order valence-electron chi connectivity index (χ1n) is 4.74. The van der Waals surface area contributed by atoms with Crippen molar-refractivity contribution in [3.8, 4) is 0 Å².